The monoisotopic (exact) mass is 261 g/mol. The topological polar surface area (TPSA) is 29.9 Å². The molecule has 0 amide bonds. The molecule has 19 heavy (non-hydrogen) atoms. The fourth-order valence-electron chi connectivity index (χ4n) is 4.08. The Morgan fingerprint density at radius 2 is 2.00 bits per heavy atom. The lowest BCUT2D eigenvalue weighted by Gasteiger charge is -2.37. The van der Waals surface area contributed by atoms with Gasteiger partial charge in [-0.2, -0.15) is 0 Å². The second kappa shape index (κ2) is 5.66. The van der Waals surface area contributed by atoms with Gasteiger partial charge in [0.25, 0.3) is 0 Å². The van der Waals surface area contributed by atoms with Gasteiger partial charge in [-0.3, -0.25) is 0 Å². The number of nitrogens with zero attached hydrogens (tertiary/aromatic N) is 2. The first-order chi connectivity index (χ1) is 9.27. The Balaban J connectivity index is 1.39. The lowest BCUT2D eigenvalue weighted by Crippen LogP contribution is -2.37. The molecule has 3 heteroatoms. The van der Waals surface area contributed by atoms with E-state index in [1.54, 1.807) is 0 Å². The Morgan fingerprint density at radius 1 is 1.26 bits per heavy atom. The van der Waals surface area contributed by atoms with Crippen molar-refractivity contribution in [2.45, 2.75) is 63.8 Å². The Kier molecular flexibility index (Phi) is 3.92. The van der Waals surface area contributed by atoms with Crippen LogP contribution in [-0.2, 0) is 13.5 Å². The van der Waals surface area contributed by atoms with Gasteiger partial charge in [-0.25, -0.2) is 4.98 Å². The predicted octanol–water partition coefficient (Wildman–Crippen LogP) is 3.06. The average Bonchev–Trinajstić information content (AvgIpc) is 3.03. The molecule has 1 heterocycles. The van der Waals surface area contributed by atoms with Gasteiger partial charge in [-0.05, 0) is 43.9 Å². The van der Waals surface area contributed by atoms with Gasteiger partial charge in [0.2, 0.25) is 0 Å². The molecule has 1 aromatic rings. The van der Waals surface area contributed by atoms with E-state index in [2.05, 4.69) is 21.9 Å². The van der Waals surface area contributed by atoms with E-state index in [1.807, 2.05) is 12.4 Å². The minimum Gasteiger partial charge on any atom is -0.338 e. The lowest BCUT2D eigenvalue weighted by atomic mass is 9.71. The van der Waals surface area contributed by atoms with Crippen LogP contribution in [0.3, 0.4) is 0 Å². The van der Waals surface area contributed by atoms with Crippen LogP contribution in [0.5, 0.6) is 0 Å². The Labute approximate surface area is 116 Å². The first kappa shape index (κ1) is 13.2. The zero-order valence-electron chi connectivity index (χ0n) is 12.2. The van der Waals surface area contributed by atoms with Gasteiger partial charge in [-0.1, -0.05) is 12.8 Å². The van der Waals surface area contributed by atoms with Crippen molar-refractivity contribution in [3.05, 3.63) is 18.2 Å². The smallest absolute Gasteiger partial charge is 0.109 e. The molecular formula is C16H27N3. The van der Waals surface area contributed by atoms with Crippen molar-refractivity contribution in [1.82, 2.24) is 14.9 Å². The fraction of sp³-hybridized carbons (Fsp3) is 0.812. The Bertz CT molecular complexity index is 394. The molecule has 2 aliphatic rings. The van der Waals surface area contributed by atoms with Gasteiger partial charge in [0.15, 0.2) is 0 Å². The normalized spacial score (nSPS) is 23.2. The maximum atomic E-state index is 4.38. The number of hydrogen-bond donors (Lipinski definition) is 1. The Morgan fingerprint density at radius 3 is 2.63 bits per heavy atom. The summed E-state index contributed by atoms with van der Waals surface area (Å²) in [4.78, 5) is 4.38. The molecule has 0 atom stereocenters. The number of aromatic nitrogens is 2. The summed E-state index contributed by atoms with van der Waals surface area (Å²) in [6, 6.07) is 0.756. The molecule has 0 saturated heterocycles. The van der Waals surface area contributed by atoms with Crippen LogP contribution in [0.2, 0.25) is 0 Å². The Hall–Kier alpha value is -0.830. The molecule has 106 valence electrons. The molecule has 2 aliphatic carbocycles. The summed E-state index contributed by atoms with van der Waals surface area (Å²) in [5, 5.41) is 3.74. The minimum atomic E-state index is 0.756. The first-order valence-electron chi connectivity index (χ1n) is 7.97. The van der Waals surface area contributed by atoms with Crippen molar-refractivity contribution in [3.63, 3.8) is 0 Å². The van der Waals surface area contributed by atoms with Gasteiger partial charge in [-0.15, -0.1) is 0 Å². The van der Waals surface area contributed by atoms with E-state index in [0.717, 1.165) is 24.4 Å². The predicted molar refractivity (Wildman–Crippen MR) is 78.1 cm³/mol. The number of aryl methyl sites for hydroxylation is 1. The molecule has 2 fully saturated rings. The van der Waals surface area contributed by atoms with Crippen LogP contribution in [0.1, 0.15) is 57.2 Å². The molecule has 3 nitrogen and oxygen atoms in total. The highest BCUT2D eigenvalue weighted by atomic mass is 15.0. The van der Waals surface area contributed by atoms with Gasteiger partial charge in [0, 0.05) is 38.4 Å². The van der Waals surface area contributed by atoms with Gasteiger partial charge in [0.05, 0.1) is 0 Å². The van der Waals surface area contributed by atoms with Crippen molar-refractivity contribution in [1.29, 1.82) is 0 Å². The van der Waals surface area contributed by atoms with Crippen LogP contribution in [-0.4, -0.2) is 22.1 Å². The summed E-state index contributed by atoms with van der Waals surface area (Å²) < 4.78 is 2.12. The summed E-state index contributed by atoms with van der Waals surface area (Å²) in [5.74, 6) is 1.19. The third-order valence-electron chi connectivity index (χ3n) is 5.41. The summed E-state index contributed by atoms with van der Waals surface area (Å²) in [6.07, 6.45) is 16.7. The molecule has 2 saturated carbocycles. The fourth-order valence-corrected chi connectivity index (χ4v) is 4.08. The molecular weight excluding hydrogens is 234 g/mol. The molecule has 1 N–H and O–H groups in total. The zero-order valence-corrected chi connectivity index (χ0v) is 12.2. The van der Waals surface area contributed by atoms with E-state index in [9.17, 15) is 0 Å². The summed E-state index contributed by atoms with van der Waals surface area (Å²) in [7, 11) is 2.08. The van der Waals surface area contributed by atoms with E-state index in [-0.39, 0.29) is 0 Å². The maximum absolute atomic E-state index is 4.38. The van der Waals surface area contributed by atoms with Crippen LogP contribution < -0.4 is 5.32 Å². The third-order valence-corrected chi connectivity index (χ3v) is 5.41. The molecule has 1 aromatic heterocycles. The van der Waals surface area contributed by atoms with Crippen LogP contribution in [0.4, 0.5) is 0 Å². The largest absolute Gasteiger partial charge is 0.338 e. The third kappa shape index (κ3) is 3.02. The van der Waals surface area contributed by atoms with Crippen molar-refractivity contribution < 1.29 is 0 Å². The van der Waals surface area contributed by atoms with Crippen LogP contribution >= 0.6 is 0 Å². The molecule has 0 aliphatic heterocycles. The van der Waals surface area contributed by atoms with Crippen molar-refractivity contribution >= 4 is 0 Å². The zero-order chi connectivity index (χ0) is 13.1. The molecule has 0 bridgehead atoms. The van der Waals surface area contributed by atoms with Crippen molar-refractivity contribution in [3.8, 4) is 0 Å². The maximum Gasteiger partial charge on any atom is 0.109 e. The first-order valence-corrected chi connectivity index (χ1v) is 7.97. The van der Waals surface area contributed by atoms with E-state index in [1.165, 1.54) is 57.2 Å². The van der Waals surface area contributed by atoms with Gasteiger partial charge < -0.3 is 9.88 Å². The van der Waals surface area contributed by atoms with Crippen molar-refractivity contribution in [2.24, 2.45) is 12.5 Å². The van der Waals surface area contributed by atoms with Crippen LogP contribution in [0, 0.1) is 5.41 Å². The number of nitrogens with one attached hydrogen (secondary N) is 1. The highest BCUT2D eigenvalue weighted by Gasteiger charge is 2.37. The number of imidazole rings is 1. The second-order valence-corrected chi connectivity index (χ2v) is 6.64. The lowest BCUT2D eigenvalue weighted by molar-refractivity contribution is 0.169. The second-order valence-electron chi connectivity index (χ2n) is 6.64. The van der Waals surface area contributed by atoms with Crippen LogP contribution in [0.15, 0.2) is 12.4 Å². The van der Waals surface area contributed by atoms with E-state index >= 15 is 0 Å². The quantitative estimate of drug-likeness (QED) is 0.903. The van der Waals surface area contributed by atoms with E-state index in [0.29, 0.717) is 0 Å². The highest BCUT2D eigenvalue weighted by Crippen LogP contribution is 2.48. The van der Waals surface area contributed by atoms with Gasteiger partial charge >= 0.3 is 0 Å². The van der Waals surface area contributed by atoms with E-state index in [4.69, 9.17) is 0 Å². The summed E-state index contributed by atoms with van der Waals surface area (Å²) in [5.41, 5.74) is 0.762. The van der Waals surface area contributed by atoms with Gasteiger partial charge in [0.1, 0.15) is 5.82 Å². The van der Waals surface area contributed by atoms with Crippen LogP contribution in [0.25, 0.3) is 0 Å². The molecule has 0 unspecified atom stereocenters. The highest BCUT2D eigenvalue weighted by molar-refractivity contribution is 4.93. The van der Waals surface area contributed by atoms with E-state index < -0.39 is 0 Å². The molecule has 0 aromatic carbocycles. The standard InChI is InChI=1S/C16H27N3/c1-19-13-12-18-15(19)6-11-17-14-4-9-16(10-5-14)7-2-3-8-16/h12-14,17H,2-11H2,1H3. The number of hydrogen-bond acceptors (Lipinski definition) is 2. The average molecular weight is 261 g/mol. The van der Waals surface area contributed by atoms with Crippen molar-refractivity contribution in [2.75, 3.05) is 6.54 Å². The molecule has 1 spiro atoms. The summed E-state index contributed by atoms with van der Waals surface area (Å²) >= 11 is 0. The number of rotatable bonds is 4. The minimum absolute atomic E-state index is 0.756. The SMILES string of the molecule is Cn1ccnc1CCNC1CCC2(CCCC2)CC1. The summed E-state index contributed by atoms with van der Waals surface area (Å²) in [6.45, 7) is 1.07. The molecule has 3 rings (SSSR count). The molecule has 0 radical (unpaired) electrons.